The van der Waals surface area contributed by atoms with Crippen LogP contribution in [-0.2, 0) is 11.2 Å². The van der Waals surface area contributed by atoms with Gasteiger partial charge >= 0.3 is 0 Å². The fraction of sp³-hybridized carbons (Fsp3) is 0.261. The Morgan fingerprint density at radius 1 is 1.13 bits per heavy atom. The number of benzene rings is 1. The van der Waals surface area contributed by atoms with Crippen LogP contribution in [-0.4, -0.2) is 61.8 Å². The first-order valence-electron chi connectivity index (χ1n) is 10.3. The van der Waals surface area contributed by atoms with Crippen LogP contribution in [0.15, 0.2) is 60.9 Å². The average molecular weight is 413 g/mol. The molecule has 156 valence electrons. The van der Waals surface area contributed by atoms with Crippen molar-refractivity contribution in [3.8, 4) is 11.4 Å². The second kappa shape index (κ2) is 7.79. The molecule has 0 aliphatic carbocycles. The molecule has 0 N–H and O–H groups in total. The van der Waals surface area contributed by atoms with Gasteiger partial charge in [-0.05, 0) is 36.8 Å². The number of hydrogen-bond donors (Lipinski definition) is 0. The maximum absolute atomic E-state index is 12.7. The Morgan fingerprint density at radius 2 is 2.00 bits per heavy atom. The van der Waals surface area contributed by atoms with Crippen molar-refractivity contribution in [1.29, 1.82) is 0 Å². The molecule has 1 amide bonds. The van der Waals surface area contributed by atoms with E-state index >= 15 is 0 Å². The van der Waals surface area contributed by atoms with Crippen molar-refractivity contribution in [2.24, 2.45) is 0 Å². The van der Waals surface area contributed by atoms with Gasteiger partial charge < -0.3 is 9.80 Å². The third kappa shape index (κ3) is 3.72. The Bertz CT molecular complexity index is 1230. The maximum atomic E-state index is 12.7. The number of aromatic nitrogens is 5. The van der Waals surface area contributed by atoms with Gasteiger partial charge in [0.15, 0.2) is 11.5 Å². The lowest BCUT2D eigenvalue weighted by Crippen LogP contribution is -2.60. The van der Waals surface area contributed by atoms with Crippen LogP contribution in [0.25, 0.3) is 17.0 Å². The molecule has 0 radical (unpaired) electrons. The quantitative estimate of drug-likeness (QED) is 0.500. The van der Waals surface area contributed by atoms with E-state index in [-0.39, 0.29) is 11.9 Å². The normalized spacial score (nSPS) is 13.9. The van der Waals surface area contributed by atoms with Crippen LogP contribution in [0.5, 0.6) is 0 Å². The van der Waals surface area contributed by atoms with Gasteiger partial charge in [-0.3, -0.25) is 9.78 Å². The van der Waals surface area contributed by atoms with Crippen molar-refractivity contribution in [2.75, 3.05) is 25.0 Å². The minimum Gasteiger partial charge on any atom is -0.351 e. The second-order valence-electron chi connectivity index (χ2n) is 7.96. The monoisotopic (exact) mass is 413 g/mol. The van der Waals surface area contributed by atoms with Gasteiger partial charge in [0.2, 0.25) is 5.91 Å². The molecule has 5 rings (SSSR count). The number of rotatable bonds is 5. The summed E-state index contributed by atoms with van der Waals surface area (Å²) in [6.45, 7) is 3.54. The van der Waals surface area contributed by atoms with E-state index in [0.29, 0.717) is 17.9 Å². The molecular formula is C23H23N7O. The molecule has 0 spiro atoms. The summed E-state index contributed by atoms with van der Waals surface area (Å²) in [5.41, 5.74) is 3.77. The van der Waals surface area contributed by atoms with Crippen LogP contribution in [0.2, 0.25) is 0 Å². The topological polar surface area (TPSA) is 79.5 Å². The minimum absolute atomic E-state index is 0.135. The molecule has 8 nitrogen and oxygen atoms in total. The summed E-state index contributed by atoms with van der Waals surface area (Å²) in [5, 5.41) is 13.2. The summed E-state index contributed by atoms with van der Waals surface area (Å²) in [4.78, 5) is 20.9. The highest BCUT2D eigenvalue weighted by Crippen LogP contribution is 2.24. The lowest BCUT2D eigenvalue weighted by Gasteiger charge is -2.44. The number of likely N-dealkylation sites (N-methyl/N-ethyl adjacent to an activating group) is 1. The summed E-state index contributed by atoms with van der Waals surface area (Å²) in [5.74, 6) is 1.64. The second-order valence-corrected chi connectivity index (χ2v) is 7.96. The highest BCUT2D eigenvalue weighted by atomic mass is 16.2. The van der Waals surface area contributed by atoms with Crippen molar-refractivity contribution in [1.82, 2.24) is 29.7 Å². The van der Waals surface area contributed by atoms with Crippen molar-refractivity contribution in [3.05, 3.63) is 72.1 Å². The molecule has 4 heterocycles. The fourth-order valence-corrected chi connectivity index (χ4v) is 3.84. The van der Waals surface area contributed by atoms with Crippen LogP contribution in [0.4, 0.5) is 5.82 Å². The van der Waals surface area contributed by atoms with E-state index in [1.54, 1.807) is 16.9 Å². The van der Waals surface area contributed by atoms with Gasteiger partial charge in [0.05, 0.1) is 12.5 Å². The first-order valence-corrected chi connectivity index (χ1v) is 10.3. The third-order valence-electron chi connectivity index (χ3n) is 5.73. The summed E-state index contributed by atoms with van der Waals surface area (Å²) >= 11 is 0. The van der Waals surface area contributed by atoms with Gasteiger partial charge in [0, 0.05) is 38.1 Å². The van der Waals surface area contributed by atoms with E-state index < -0.39 is 0 Å². The molecule has 1 fully saturated rings. The van der Waals surface area contributed by atoms with Gasteiger partial charge in [-0.1, -0.05) is 29.8 Å². The van der Waals surface area contributed by atoms with Crippen molar-refractivity contribution in [2.45, 2.75) is 19.4 Å². The molecule has 4 aromatic rings. The number of carbonyl (C=O) groups is 1. The molecule has 31 heavy (non-hydrogen) atoms. The van der Waals surface area contributed by atoms with Crippen LogP contribution >= 0.6 is 0 Å². The van der Waals surface area contributed by atoms with Crippen LogP contribution < -0.4 is 4.90 Å². The number of fused-ring (bicyclic) bond motifs is 1. The maximum Gasteiger partial charge on any atom is 0.227 e. The lowest BCUT2D eigenvalue weighted by molar-refractivity contribution is -0.131. The molecule has 0 atom stereocenters. The number of aryl methyl sites for hydroxylation is 1. The Balaban J connectivity index is 1.27. The molecule has 0 saturated carbocycles. The highest BCUT2D eigenvalue weighted by molar-refractivity contribution is 5.79. The van der Waals surface area contributed by atoms with Crippen LogP contribution in [0, 0.1) is 6.92 Å². The van der Waals surface area contributed by atoms with Gasteiger partial charge in [-0.15, -0.1) is 15.3 Å². The minimum atomic E-state index is 0.135. The summed E-state index contributed by atoms with van der Waals surface area (Å²) < 4.78 is 1.74. The van der Waals surface area contributed by atoms with E-state index in [2.05, 4.69) is 26.1 Å². The molecule has 0 unspecified atom stereocenters. The van der Waals surface area contributed by atoms with Crippen LogP contribution in [0.3, 0.4) is 0 Å². The lowest BCUT2D eigenvalue weighted by atomic mass is 10.0. The predicted molar refractivity (Wildman–Crippen MR) is 118 cm³/mol. The summed E-state index contributed by atoms with van der Waals surface area (Å²) in [7, 11) is 1.89. The first kappa shape index (κ1) is 19.2. The van der Waals surface area contributed by atoms with Gasteiger partial charge in [-0.25, -0.2) is 0 Å². The molecule has 3 aromatic heterocycles. The Kier molecular flexibility index (Phi) is 4.82. The van der Waals surface area contributed by atoms with Gasteiger partial charge in [0.1, 0.15) is 5.82 Å². The number of pyridine rings is 1. The fourth-order valence-electron chi connectivity index (χ4n) is 3.84. The SMILES string of the molecule is Cc1cccc(CC(=O)N(C)C2CN(c3ccc4nnc(-c5cccnc5)n4n3)C2)c1. The Morgan fingerprint density at radius 3 is 2.77 bits per heavy atom. The van der Waals surface area contributed by atoms with E-state index in [0.717, 1.165) is 30.0 Å². The van der Waals surface area contributed by atoms with E-state index in [1.807, 2.05) is 61.3 Å². The number of hydrogen-bond acceptors (Lipinski definition) is 6. The number of carbonyl (C=O) groups excluding carboxylic acids is 1. The molecule has 1 aliphatic rings. The molecule has 1 saturated heterocycles. The molecule has 8 heteroatoms. The van der Waals surface area contributed by atoms with E-state index in [1.165, 1.54) is 5.56 Å². The zero-order chi connectivity index (χ0) is 21.4. The molecule has 1 aromatic carbocycles. The van der Waals surface area contributed by atoms with Crippen molar-refractivity contribution >= 4 is 17.4 Å². The standard InChI is InChI=1S/C23H23N7O/c1-16-5-3-6-17(11-16)12-22(31)28(2)19-14-29(15-19)21-9-8-20-25-26-23(30(20)27-21)18-7-4-10-24-13-18/h3-11,13,19H,12,14-15H2,1-2H3. The number of nitrogens with zero attached hydrogens (tertiary/aromatic N) is 7. The zero-order valence-corrected chi connectivity index (χ0v) is 17.5. The van der Waals surface area contributed by atoms with Crippen LogP contribution in [0.1, 0.15) is 11.1 Å². The van der Waals surface area contributed by atoms with Crippen molar-refractivity contribution in [3.63, 3.8) is 0 Å². The Hall–Kier alpha value is -3.81. The van der Waals surface area contributed by atoms with Gasteiger partial charge in [0.25, 0.3) is 0 Å². The summed E-state index contributed by atoms with van der Waals surface area (Å²) in [6, 6.07) is 15.9. The zero-order valence-electron chi connectivity index (χ0n) is 17.5. The third-order valence-corrected chi connectivity index (χ3v) is 5.73. The predicted octanol–water partition coefficient (Wildman–Crippen LogP) is 2.38. The molecule has 0 bridgehead atoms. The largest absolute Gasteiger partial charge is 0.351 e. The molecular weight excluding hydrogens is 390 g/mol. The van der Waals surface area contributed by atoms with Gasteiger partial charge in [-0.2, -0.15) is 4.52 Å². The summed E-state index contributed by atoms with van der Waals surface area (Å²) in [6.07, 6.45) is 3.90. The average Bonchev–Trinajstić information content (AvgIpc) is 3.16. The first-order chi connectivity index (χ1) is 15.1. The highest BCUT2D eigenvalue weighted by Gasteiger charge is 2.33. The van der Waals surface area contributed by atoms with Crippen molar-refractivity contribution < 1.29 is 4.79 Å². The number of amides is 1. The van der Waals surface area contributed by atoms with E-state index in [4.69, 9.17) is 5.10 Å². The Labute approximate surface area is 180 Å². The van der Waals surface area contributed by atoms with E-state index in [9.17, 15) is 4.79 Å². The smallest absolute Gasteiger partial charge is 0.227 e. The molecule has 1 aliphatic heterocycles. The number of anilines is 1.